The van der Waals surface area contributed by atoms with Gasteiger partial charge in [-0.3, -0.25) is 4.90 Å². The van der Waals surface area contributed by atoms with Gasteiger partial charge in [-0.05, 0) is 43.0 Å². The minimum Gasteiger partial charge on any atom is -0.335 e. The van der Waals surface area contributed by atoms with Crippen molar-refractivity contribution in [2.24, 2.45) is 0 Å². The van der Waals surface area contributed by atoms with E-state index < -0.39 is 9.84 Å². The summed E-state index contributed by atoms with van der Waals surface area (Å²) in [6.07, 6.45) is 2.58. The van der Waals surface area contributed by atoms with Crippen LogP contribution in [0.4, 0.5) is 10.5 Å². The first-order valence-electron chi connectivity index (χ1n) is 10.2. The molecule has 4 rings (SSSR count). The van der Waals surface area contributed by atoms with Crippen LogP contribution in [-0.2, 0) is 16.3 Å². The Kier molecular flexibility index (Phi) is 5.87. The smallest absolute Gasteiger partial charge is 0.322 e. The van der Waals surface area contributed by atoms with E-state index in [9.17, 15) is 13.2 Å². The quantitative estimate of drug-likeness (QED) is 0.818. The average Bonchev–Trinajstić information content (AvgIpc) is 3.18. The number of nitrogens with zero attached hydrogens (tertiary/aromatic N) is 2. The van der Waals surface area contributed by atoms with Crippen molar-refractivity contribution in [2.75, 3.05) is 36.8 Å². The van der Waals surface area contributed by atoms with Gasteiger partial charge >= 0.3 is 6.03 Å². The van der Waals surface area contributed by atoms with Gasteiger partial charge in [-0.15, -0.1) is 0 Å². The second-order valence-corrected chi connectivity index (χ2v) is 9.84. The van der Waals surface area contributed by atoms with Crippen molar-refractivity contribution < 1.29 is 13.2 Å². The van der Waals surface area contributed by atoms with Crippen molar-refractivity contribution >= 4 is 21.6 Å². The predicted molar refractivity (Wildman–Crippen MR) is 114 cm³/mol. The fourth-order valence-electron chi connectivity index (χ4n) is 4.10. The lowest BCUT2D eigenvalue weighted by Gasteiger charge is -2.33. The van der Waals surface area contributed by atoms with Crippen LogP contribution in [0.3, 0.4) is 0 Å². The fourth-order valence-corrected chi connectivity index (χ4v) is 5.40. The molecule has 154 valence electrons. The van der Waals surface area contributed by atoms with Crippen LogP contribution in [0.2, 0.25) is 0 Å². The molecule has 0 saturated carbocycles. The number of rotatable bonds is 5. The third-order valence-corrected chi connectivity index (χ3v) is 7.54. The fraction of sp³-hybridized carbons (Fsp3) is 0.409. The van der Waals surface area contributed by atoms with Crippen molar-refractivity contribution in [3.8, 4) is 0 Å². The maximum Gasteiger partial charge on any atom is 0.322 e. The summed E-state index contributed by atoms with van der Waals surface area (Å²) in [5.74, 6) is 0.124. The zero-order valence-corrected chi connectivity index (χ0v) is 17.3. The molecule has 1 N–H and O–H groups in total. The van der Waals surface area contributed by atoms with Crippen LogP contribution in [0, 0.1) is 0 Å². The molecule has 2 amide bonds. The summed E-state index contributed by atoms with van der Waals surface area (Å²) < 4.78 is 24.9. The Bertz CT molecular complexity index is 954. The molecular formula is C22H27N3O3S. The standard InChI is InChI=1S/C22H27N3O3S/c26-22(25-15-10-18-6-4-5-9-21(18)25)23-19-11-13-24(14-12-19)16-17-29(27,28)20-7-2-1-3-8-20/h1-9,19H,10-17H2,(H,23,26). The topological polar surface area (TPSA) is 69.7 Å². The Balaban J connectivity index is 1.24. The minimum atomic E-state index is -3.25. The summed E-state index contributed by atoms with van der Waals surface area (Å²) >= 11 is 0. The number of fused-ring (bicyclic) bond motifs is 1. The molecule has 2 aliphatic rings. The molecule has 6 nitrogen and oxygen atoms in total. The van der Waals surface area contributed by atoms with E-state index in [2.05, 4.69) is 16.3 Å². The van der Waals surface area contributed by atoms with Crippen molar-refractivity contribution in [1.82, 2.24) is 10.2 Å². The zero-order valence-electron chi connectivity index (χ0n) is 16.5. The second-order valence-electron chi connectivity index (χ2n) is 7.73. The molecule has 0 unspecified atom stereocenters. The molecule has 0 aromatic heterocycles. The largest absolute Gasteiger partial charge is 0.335 e. The van der Waals surface area contributed by atoms with E-state index in [1.807, 2.05) is 29.2 Å². The number of likely N-dealkylation sites (tertiary alicyclic amines) is 1. The first-order chi connectivity index (χ1) is 14.0. The summed E-state index contributed by atoms with van der Waals surface area (Å²) in [6, 6.07) is 16.8. The number of sulfone groups is 1. The van der Waals surface area contributed by atoms with E-state index in [0.29, 0.717) is 11.4 Å². The number of hydrogen-bond acceptors (Lipinski definition) is 4. The third kappa shape index (κ3) is 4.62. The average molecular weight is 414 g/mol. The van der Waals surface area contributed by atoms with Gasteiger partial charge in [0.05, 0.1) is 10.6 Å². The first kappa shape index (κ1) is 19.9. The number of piperidine rings is 1. The molecule has 0 atom stereocenters. The van der Waals surface area contributed by atoms with Crippen molar-refractivity contribution in [1.29, 1.82) is 0 Å². The number of carbonyl (C=O) groups is 1. The number of anilines is 1. The van der Waals surface area contributed by atoms with Crippen LogP contribution in [-0.4, -0.2) is 57.3 Å². The lowest BCUT2D eigenvalue weighted by molar-refractivity contribution is 0.201. The van der Waals surface area contributed by atoms with Gasteiger partial charge in [0, 0.05) is 37.9 Å². The highest BCUT2D eigenvalue weighted by Gasteiger charge is 2.28. The number of carbonyl (C=O) groups excluding carboxylic acids is 1. The van der Waals surface area contributed by atoms with Gasteiger partial charge in [-0.1, -0.05) is 36.4 Å². The van der Waals surface area contributed by atoms with Crippen molar-refractivity contribution in [3.05, 3.63) is 60.2 Å². The number of urea groups is 1. The summed E-state index contributed by atoms with van der Waals surface area (Å²) in [6.45, 7) is 2.84. The normalized spacial score (nSPS) is 17.9. The van der Waals surface area contributed by atoms with Crippen LogP contribution < -0.4 is 10.2 Å². The monoisotopic (exact) mass is 413 g/mol. The highest BCUT2D eigenvalue weighted by atomic mass is 32.2. The van der Waals surface area contributed by atoms with Gasteiger partial charge in [-0.2, -0.15) is 0 Å². The molecule has 2 aliphatic heterocycles. The van der Waals surface area contributed by atoms with Gasteiger partial charge < -0.3 is 10.2 Å². The van der Waals surface area contributed by atoms with Crippen molar-refractivity contribution in [3.63, 3.8) is 0 Å². The Hall–Kier alpha value is -2.38. The Morgan fingerprint density at radius 3 is 2.41 bits per heavy atom. The van der Waals surface area contributed by atoms with Crippen LogP contribution >= 0.6 is 0 Å². The molecule has 0 bridgehead atoms. The van der Waals surface area contributed by atoms with E-state index in [4.69, 9.17) is 0 Å². The maximum absolute atomic E-state index is 12.7. The Morgan fingerprint density at radius 2 is 1.66 bits per heavy atom. The van der Waals surface area contributed by atoms with E-state index in [1.54, 1.807) is 24.3 Å². The third-order valence-electron chi connectivity index (χ3n) is 5.83. The molecule has 2 aromatic carbocycles. The van der Waals surface area contributed by atoms with Gasteiger partial charge in [0.25, 0.3) is 0 Å². The second kappa shape index (κ2) is 8.55. The highest BCUT2D eigenvalue weighted by molar-refractivity contribution is 7.91. The molecule has 29 heavy (non-hydrogen) atoms. The van der Waals surface area contributed by atoms with Gasteiger partial charge in [0.1, 0.15) is 0 Å². The first-order valence-corrected chi connectivity index (χ1v) is 11.8. The molecular weight excluding hydrogens is 386 g/mol. The van der Waals surface area contributed by atoms with Gasteiger partial charge in [0.2, 0.25) is 0 Å². The summed E-state index contributed by atoms with van der Waals surface area (Å²) in [5, 5.41) is 3.16. The van der Waals surface area contributed by atoms with Crippen LogP contribution in [0.5, 0.6) is 0 Å². The summed E-state index contributed by atoms with van der Waals surface area (Å²) in [5.41, 5.74) is 2.23. The number of para-hydroxylation sites is 1. The molecule has 0 aliphatic carbocycles. The number of benzene rings is 2. The molecule has 1 saturated heterocycles. The van der Waals surface area contributed by atoms with Crippen LogP contribution in [0.25, 0.3) is 0 Å². The number of amides is 2. The van der Waals surface area contributed by atoms with E-state index >= 15 is 0 Å². The van der Waals surface area contributed by atoms with E-state index in [-0.39, 0.29) is 17.8 Å². The Morgan fingerprint density at radius 1 is 0.966 bits per heavy atom. The molecule has 2 heterocycles. The zero-order chi connectivity index (χ0) is 20.3. The molecule has 1 fully saturated rings. The molecule has 0 radical (unpaired) electrons. The molecule has 2 aromatic rings. The Labute approximate surface area is 172 Å². The van der Waals surface area contributed by atoms with Crippen LogP contribution in [0.1, 0.15) is 18.4 Å². The van der Waals surface area contributed by atoms with Crippen molar-refractivity contribution in [2.45, 2.75) is 30.2 Å². The molecule has 0 spiro atoms. The van der Waals surface area contributed by atoms with E-state index in [1.165, 1.54) is 5.56 Å². The lowest BCUT2D eigenvalue weighted by Crippen LogP contribution is -2.49. The SMILES string of the molecule is O=C(NC1CCN(CCS(=O)(=O)c2ccccc2)CC1)N1CCc2ccccc21. The summed E-state index contributed by atoms with van der Waals surface area (Å²) in [7, 11) is -3.25. The van der Waals surface area contributed by atoms with Gasteiger partial charge in [0.15, 0.2) is 9.84 Å². The number of nitrogens with one attached hydrogen (secondary N) is 1. The van der Waals surface area contributed by atoms with Gasteiger partial charge in [-0.25, -0.2) is 13.2 Å². The predicted octanol–water partition coefficient (Wildman–Crippen LogP) is 2.70. The molecule has 7 heteroatoms. The van der Waals surface area contributed by atoms with Crippen LogP contribution in [0.15, 0.2) is 59.5 Å². The summed E-state index contributed by atoms with van der Waals surface area (Å²) in [4.78, 5) is 17.1. The lowest BCUT2D eigenvalue weighted by atomic mass is 10.1. The minimum absolute atomic E-state index is 0.0277. The highest BCUT2D eigenvalue weighted by Crippen LogP contribution is 2.27. The number of hydrogen-bond donors (Lipinski definition) is 1. The van der Waals surface area contributed by atoms with E-state index in [0.717, 1.165) is 44.6 Å². The maximum atomic E-state index is 12.7.